The molecule has 4 atom stereocenters. The zero-order chi connectivity index (χ0) is 16.9. The van der Waals surface area contributed by atoms with Gasteiger partial charge in [0.05, 0.1) is 0 Å². The van der Waals surface area contributed by atoms with E-state index in [4.69, 9.17) is 4.74 Å². The first-order chi connectivity index (χ1) is 11.7. The number of carbonyl (C=O) groups excluding carboxylic acids is 2. The first-order valence-electron chi connectivity index (χ1n) is 9.16. The van der Waals surface area contributed by atoms with Crippen LogP contribution in [0.3, 0.4) is 0 Å². The van der Waals surface area contributed by atoms with Crippen molar-refractivity contribution >= 4 is 11.9 Å². The van der Waals surface area contributed by atoms with Gasteiger partial charge in [-0.2, -0.15) is 0 Å². The van der Waals surface area contributed by atoms with E-state index in [1.54, 1.807) is 0 Å². The summed E-state index contributed by atoms with van der Waals surface area (Å²) in [5.41, 5.74) is 1.04. The fourth-order valence-corrected chi connectivity index (χ4v) is 4.27. The van der Waals surface area contributed by atoms with Crippen LogP contribution < -0.4 is 5.32 Å². The molecule has 1 N–H and O–H groups in total. The van der Waals surface area contributed by atoms with Crippen molar-refractivity contribution in [3.63, 3.8) is 0 Å². The lowest BCUT2D eigenvalue weighted by atomic mass is 9.86. The molecular weight excluding hydrogens is 302 g/mol. The lowest BCUT2D eigenvalue weighted by molar-refractivity contribution is -0.157. The molecule has 1 aromatic rings. The van der Waals surface area contributed by atoms with Gasteiger partial charge in [0.15, 0.2) is 6.10 Å². The van der Waals surface area contributed by atoms with Crippen molar-refractivity contribution in [2.45, 2.75) is 58.1 Å². The molecule has 4 heteroatoms. The Labute approximate surface area is 144 Å². The number of amides is 1. The number of rotatable bonds is 7. The summed E-state index contributed by atoms with van der Waals surface area (Å²) in [4.78, 5) is 24.5. The minimum Gasteiger partial charge on any atom is -0.452 e. The van der Waals surface area contributed by atoms with Gasteiger partial charge < -0.3 is 10.1 Å². The molecule has 0 spiro atoms. The molecule has 0 unspecified atom stereocenters. The summed E-state index contributed by atoms with van der Waals surface area (Å²) < 4.78 is 5.47. The first-order valence-corrected chi connectivity index (χ1v) is 9.16. The lowest BCUT2D eigenvalue weighted by Gasteiger charge is -2.22. The molecule has 2 aliphatic carbocycles. The third-order valence-corrected chi connectivity index (χ3v) is 5.56. The second kappa shape index (κ2) is 7.82. The maximum atomic E-state index is 12.3. The van der Waals surface area contributed by atoms with Crippen molar-refractivity contribution < 1.29 is 14.3 Å². The molecule has 2 saturated carbocycles. The van der Waals surface area contributed by atoms with Crippen LogP contribution in [0.15, 0.2) is 30.3 Å². The standard InChI is InChI=1S/C20H27NO3/c1-2-18(20(23)21-13-14-6-4-3-5-7-14)24-19(22)12-17-11-15-8-9-16(17)10-15/h3-7,15-18H,2,8-13H2,1H3,(H,21,23)/t15-,16-,17-,18-/m0/s1. The van der Waals surface area contributed by atoms with Crippen LogP contribution in [0.1, 0.15) is 51.0 Å². The molecule has 0 radical (unpaired) electrons. The molecule has 0 saturated heterocycles. The van der Waals surface area contributed by atoms with Gasteiger partial charge >= 0.3 is 5.97 Å². The Morgan fingerprint density at radius 1 is 1.21 bits per heavy atom. The van der Waals surface area contributed by atoms with E-state index in [0.717, 1.165) is 17.9 Å². The van der Waals surface area contributed by atoms with Gasteiger partial charge in [-0.15, -0.1) is 0 Å². The number of hydrogen-bond acceptors (Lipinski definition) is 3. The highest BCUT2D eigenvalue weighted by Crippen LogP contribution is 2.49. The fourth-order valence-electron chi connectivity index (χ4n) is 4.27. The average molecular weight is 329 g/mol. The van der Waals surface area contributed by atoms with E-state index in [9.17, 15) is 9.59 Å². The SMILES string of the molecule is CC[C@H](OC(=O)C[C@@H]1C[C@H]2CC[C@H]1C2)C(=O)NCc1ccccc1. The van der Waals surface area contributed by atoms with Crippen LogP contribution in [0.25, 0.3) is 0 Å². The van der Waals surface area contributed by atoms with Crippen LogP contribution in [0.2, 0.25) is 0 Å². The van der Waals surface area contributed by atoms with E-state index in [1.165, 1.54) is 19.3 Å². The molecule has 130 valence electrons. The maximum absolute atomic E-state index is 12.3. The Kier molecular flexibility index (Phi) is 5.54. The van der Waals surface area contributed by atoms with Crippen molar-refractivity contribution in [1.82, 2.24) is 5.32 Å². The number of hydrogen-bond donors (Lipinski definition) is 1. The van der Waals surface area contributed by atoms with Crippen LogP contribution >= 0.6 is 0 Å². The average Bonchev–Trinajstić information content (AvgIpc) is 3.21. The Hall–Kier alpha value is -1.84. The number of benzene rings is 1. The second-order valence-electron chi connectivity index (χ2n) is 7.23. The van der Waals surface area contributed by atoms with Crippen LogP contribution in [-0.4, -0.2) is 18.0 Å². The van der Waals surface area contributed by atoms with Crippen LogP contribution in [-0.2, 0) is 20.9 Å². The molecule has 2 fully saturated rings. The van der Waals surface area contributed by atoms with Crippen LogP contribution in [0, 0.1) is 17.8 Å². The minimum absolute atomic E-state index is 0.206. The van der Waals surface area contributed by atoms with Gasteiger partial charge in [-0.05, 0) is 49.0 Å². The van der Waals surface area contributed by atoms with Gasteiger partial charge in [0.25, 0.3) is 5.91 Å². The summed E-state index contributed by atoms with van der Waals surface area (Å²) in [7, 11) is 0. The lowest BCUT2D eigenvalue weighted by Crippen LogP contribution is -2.37. The molecule has 3 rings (SSSR count). The maximum Gasteiger partial charge on any atom is 0.306 e. The van der Waals surface area contributed by atoms with Crippen molar-refractivity contribution in [2.75, 3.05) is 0 Å². The fraction of sp³-hybridized carbons (Fsp3) is 0.600. The predicted molar refractivity (Wildman–Crippen MR) is 92.0 cm³/mol. The normalized spacial score (nSPS) is 26.1. The molecule has 1 aromatic carbocycles. The molecule has 24 heavy (non-hydrogen) atoms. The van der Waals surface area contributed by atoms with Crippen molar-refractivity contribution in [3.05, 3.63) is 35.9 Å². The molecule has 0 heterocycles. The zero-order valence-corrected chi connectivity index (χ0v) is 14.4. The molecule has 0 aromatic heterocycles. The number of nitrogens with one attached hydrogen (secondary N) is 1. The summed E-state index contributed by atoms with van der Waals surface area (Å²) in [6, 6.07) is 9.74. The van der Waals surface area contributed by atoms with Gasteiger partial charge in [0.1, 0.15) is 0 Å². The molecule has 2 bridgehead atoms. The number of esters is 1. The molecule has 4 nitrogen and oxygen atoms in total. The monoisotopic (exact) mass is 329 g/mol. The van der Waals surface area contributed by atoms with Gasteiger partial charge in [-0.25, -0.2) is 0 Å². The number of carbonyl (C=O) groups is 2. The summed E-state index contributed by atoms with van der Waals surface area (Å²) in [5, 5.41) is 2.86. The van der Waals surface area contributed by atoms with Gasteiger partial charge in [-0.3, -0.25) is 9.59 Å². The second-order valence-corrected chi connectivity index (χ2v) is 7.23. The van der Waals surface area contributed by atoms with E-state index in [-0.39, 0.29) is 11.9 Å². The minimum atomic E-state index is -0.681. The quantitative estimate of drug-likeness (QED) is 0.780. The van der Waals surface area contributed by atoms with E-state index < -0.39 is 6.10 Å². The van der Waals surface area contributed by atoms with E-state index in [1.807, 2.05) is 37.3 Å². The molecular formula is C20H27NO3. The molecule has 0 aliphatic heterocycles. The molecule has 1 amide bonds. The Morgan fingerprint density at radius 3 is 2.62 bits per heavy atom. The van der Waals surface area contributed by atoms with Gasteiger partial charge in [-0.1, -0.05) is 43.7 Å². The summed E-state index contributed by atoms with van der Waals surface area (Å²) in [6.07, 6.45) is 5.34. The Morgan fingerprint density at radius 2 is 2.00 bits per heavy atom. The van der Waals surface area contributed by atoms with Crippen molar-refractivity contribution in [1.29, 1.82) is 0 Å². The number of ether oxygens (including phenoxy) is 1. The summed E-state index contributed by atoms with van der Waals surface area (Å²) in [5.74, 6) is 1.58. The first kappa shape index (κ1) is 17.0. The van der Waals surface area contributed by atoms with Crippen molar-refractivity contribution in [2.24, 2.45) is 17.8 Å². The van der Waals surface area contributed by atoms with Crippen LogP contribution in [0.4, 0.5) is 0 Å². The summed E-state index contributed by atoms with van der Waals surface area (Å²) >= 11 is 0. The van der Waals surface area contributed by atoms with E-state index in [0.29, 0.717) is 31.2 Å². The Bertz CT molecular complexity index is 572. The highest BCUT2D eigenvalue weighted by Gasteiger charge is 2.40. The highest BCUT2D eigenvalue weighted by atomic mass is 16.5. The third kappa shape index (κ3) is 4.16. The largest absolute Gasteiger partial charge is 0.452 e. The van der Waals surface area contributed by atoms with E-state index >= 15 is 0 Å². The summed E-state index contributed by atoms with van der Waals surface area (Å²) in [6.45, 7) is 2.33. The zero-order valence-electron chi connectivity index (χ0n) is 14.4. The molecule has 2 aliphatic rings. The predicted octanol–water partition coefficient (Wildman–Crippen LogP) is 3.45. The third-order valence-electron chi connectivity index (χ3n) is 5.56. The number of fused-ring (bicyclic) bond motifs is 2. The van der Waals surface area contributed by atoms with Gasteiger partial charge in [0.2, 0.25) is 0 Å². The van der Waals surface area contributed by atoms with E-state index in [2.05, 4.69) is 5.32 Å². The van der Waals surface area contributed by atoms with Crippen LogP contribution in [0.5, 0.6) is 0 Å². The Balaban J connectivity index is 1.44. The topological polar surface area (TPSA) is 55.4 Å². The highest BCUT2D eigenvalue weighted by molar-refractivity contribution is 5.83. The van der Waals surface area contributed by atoms with Crippen molar-refractivity contribution in [3.8, 4) is 0 Å². The van der Waals surface area contributed by atoms with Gasteiger partial charge in [0, 0.05) is 13.0 Å². The smallest absolute Gasteiger partial charge is 0.306 e.